The van der Waals surface area contributed by atoms with Crippen LogP contribution in [-0.4, -0.2) is 28.1 Å². The molecule has 2 nitrogen and oxygen atoms in total. The van der Waals surface area contributed by atoms with Crippen LogP contribution >= 0.6 is 0 Å². The molecule has 0 aromatic carbocycles. The number of hydrogen-bond donors (Lipinski definition) is 2. The highest BCUT2D eigenvalue weighted by Crippen LogP contribution is 2.65. The van der Waals surface area contributed by atoms with E-state index < -0.39 is 23.3 Å². The summed E-state index contributed by atoms with van der Waals surface area (Å²) in [5.41, 5.74) is -4.38. The second kappa shape index (κ2) is 3.55. The van der Waals surface area contributed by atoms with Crippen molar-refractivity contribution in [3.8, 4) is 0 Å². The maximum atomic E-state index is 13.1. The third-order valence-electron chi connectivity index (χ3n) is 6.03. The van der Waals surface area contributed by atoms with Crippen molar-refractivity contribution in [2.75, 3.05) is 0 Å². The van der Waals surface area contributed by atoms with Crippen molar-refractivity contribution in [3.05, 3.63) is 12.2 Å². The molecule has 0 spiro atoms. The third kappa shape index (κ3) is 1.46. The fourth-order valence-corrected chi connectivity index (χ4v) is 4.56. The first-order valence-electron chi connectivity index (χ1n) is 6.75. The number of allylic oxidation sites excluding steroid dienone is 2. The summed E-state index contributed by atoms with van der Waals surface area (Å²) in [6.45, 7) is 2.18. The zero-order valence-electron chi connectivity index (χ0n) is 11.0. The molecule has 0 radical (unpaired) electrons. The Kier molecular flexibility index (Phi) is 2.51. The van der Waals surface area contributed by atoms with Gasteiger partial charge in [0.2, 0.25) is 0 Å². The molecule has 2 N–H and O–H groups in total. The van der Waals surface area contributed by atoms with Gasteiger partial charge in [-0.05, 0) is 43.4 Å². The summed E-state index contributed by atoms with van der Waals surface area (Å²) in [4.78, 5) is 0. The van der Waals surface area contributed by atoms with Gasteiger partial charge in [-0.1, -0.05) is 19.1 Å². The summed E-state index contributed by atoms with van der Waals surface area (Å²) in [6, 6.07) is 0. The quantitative estimate of drug-likeness (QED) is 0.722. The molecule has 7 unspecified atom stereocenters. The molecule has 3 rings (SSSR count). The van der Waals surface area contributed by atoms with E-state index >= 15 is 0 Å². The number of hydrogen-bond acceptors (Lipinski definition) is 2. The Hall–Kier alpha value is -0.550. The zero-order valence-corrected chi connectivity index (χ0v) is 11.0. The highest BCUT2D eigenvalue weighted by Gasteiger charge is 2.70. The predicted octanol–water partition coefficient (Wildman–Crippen LogP) is 2.51. The molecule has 3 aliphatic carbocycles. The Morgan fingerprint density at radius 2 is 1.79 bits per heavy atom. The van der Waals surface area contributed by atoms with Crippen LogP contribution in [0.15, 0.2) is 12.2 Å². The number of aliphatic hydroxyl groups is 2. The van der Waals surface area contributed by atoms with Gasteiger partial charge < -0.3 is 10.2 Å². The summed E-state index contributed by atoms with van der Waals surface area (Å²) in [5.74, 6) is 0.393. The van der Waals surface area contributed by atoms with Crippen molar-refractivity contribution in [2.24, 2.45) is 29.1 Å². The maximum Gasteiger partial charge on any atom is 0.417 e. The van der Waals surface area contributed by atoms with E-state index in [0.29, 0.717) is 0 Å². The smallest absolute Gasteiger partial charge is 0.392 e. The normalized spacial score (nSPS) is 51.4. The first-order valence-corrected chi connectivity index (χ1v) is 6.75. The topological polar surface area (TPSA) is 40.5 Å². The predicted molar refractivity (Wildman–Crippen MR) is 63.1 cm³/mol. The lowest BCUT2D eigenvalue weighted by Gasteiger charge is -2.44. The fraction of sp³-hybridized carbons (Fsp3) is 0.857. The molecule has 0 heterocycles. The standard InChI is InChI=1S/C14H19F3O2/c1-12(13(2,19)14(15,16)17)6-9-7-3-4-8(5-7)10(9)11(12)18/h3-4,7-11,18-19H,5-6H2,1-2H3. The largest absolute Gasteiger partial charge is 0.417 e. The lowest BCUT2D eigenvalue weighted by atomic mass is 9.69. The molecule has 2 bridgehead atoms. The Bertz CT molecular complexity index is 429. The van der Waals surface area contributed by atoms with Crippen LogP contribution in [0.25, 0.3) is 0 Å². The van der Waals surface area contributed by atoms with Crippen LogP contribution in [0.3, 0.4) is 0 Å². The molecular formula is C14H19F3O2. The molecule has 19 heavy (non-hydrogen) atoms. The van der Waals surface area contributed by atoms with Crippen LogP contribution in [-0.2, 0) is 0 Å². The van der Waals surface area contributed by atoms with Crippen LogP contribution in [0, 0.1) is 29.1 Å². The number of halogens is 3. The van der Waals surface area contributed by atoms with Gasteiger partial charge in [0.25, 0.3) is 0 Å². The van der Waals surface area contributed by atoms with Crippen molar-refractivity contribution in [2.45, 2.75) is 44.6 Å². The summed E-state index contributed by atoms with van der Waals surface area (Å²) in [7, 11) is 0. The van der Waals surface area contributed by atoms with Crippen LogP contribution in [0.4, 0.5) is 13.2 Å². The minimum absolute atomic E-state index is 0.0730. The summed E-state index contributed by atoms with van der Waals surface area (Å²) in [6.07, 6.45) is -0.578. The van der Waals surface area contributed by atoms with E-state index in [-0.39, 0.29) is 30.1 Å². The van der Waals surface area contributed by atoms with E-state index in [4.69, 9.17) is 0 Å². The Balaban J connectivity index is 1.96. The van der Waals surface area contributed by atoms with Crippen molar-refractivity contribution in [3.63, 3.8) is 0 Å². The average Bonchev–Trinajstić information content (AvgIpc) is 2.91. The van der Waals surface area contributed by atoms with Crippen molar-refractivity contribution in [1.29, 1.82) is 0 Å². The highest BCUT2D eigenvalue weighted by molar-refractivity contribution is 5.22. The van der Waals surface area contributed by atoms with Gasteiger partial charge in [0.15, 0.2) is 5.60 Å². The first-order chi connectivity index (χ1) is 8.59. The molecule has 0 aromatic rings. The zero-order chi connectivity index (χ0) is 14.2. The van der Waals surface area contributed by atoms with Gasteiger partial charge in [-0.15, -0.1) is 0 Å². The monoisotopic (exact) mass is 276 g/mol. The minimum atomic E-state index is -4.73. The van der Waals surface area contributed by atoms with Gasteiger partial charge in [0.05, 0.1) is 6.10 Å². The average molecular weight is 276 g/mol. The van der Waals surface area contributed by atoms with Gasteiger partial charge in [0.1, 0.15) is 0 Å². The second-order valence-electron chi connectivity index (χ2n) is 6.83. The Labute approximate surface area is 110 Å². The first kappa shape index (κ1) is 13.4. The maximum absolute atomic E-state index is 13.1. The lowest BCUT2D eigenvalue weighted by Crippen LogP contribution is -2.59. The number of fused-ring (bicyclic) bond motifs is 5. The molecule has 2 saturated carbocycles. The molecule has 108 valence electrons. The van der Waals surface area contributed by atoms with E-state index in [9.17, 15) is 23.4 Å². The molecule has 3 aliphatic rings. The van der Waals surface area contributed by atoms with E-state index in [0.717, 1.165) is 13.3 Å². The SMILES string of the molecule is CC1(C(C)(O)C(F)(F)F)CC2C3C=CC(C3)C2C1O. The summed E-state index contributed by atoms with van der Waals surface area (Å²) >= 11 is 0. The molecule has 0 amide bonds. The van der Waals surface area contributed by atoms with Gasteiger partial charge in [-0.3, -0.25) is 0 Å². The summed E-state index contributed by atoms with van der Waals surface area (Å²) < 4.78 is 39.3. The number of alkyl halides is 3. The van der Waals surface area contributed by atoms with E-state index in [1.165, 1.54) is 6.92 Å². The lowest BCUT2D eigenvalue weighted by molar-refractivity contribution is -0.304. The van der Waals surface area contributed by atoms with Crippen LogP contribution in [0.2, 0.25) is 0 Å². The molecule has 0 aliphatic heterocycles. The van der Waals surface area contributed by atoms with Gasteiger partial charge in [-0.2, -0.15) is 13.2 Å². The summed E-state index contributed by atoms with van der Waals surface area (Å²) in [5, 5.41) is 20.5. The third-order valence-corrected chi connectivity index (χ3v) is 6.03. The van der Waals surface area contributed by atoms with E-state index in [1.807, 2.05) is 6.08 Å². The number of aliphatic hydroxyl groups excluding tert-OH is 1. The molecule has 7 atom stereocenters. The molecule has 5 heteroatoms. The highest BCUT2D eigenvalue weighted by atomic mass is 19.4. The van der Waals surface area contributed by atoms with Crippen molar-refractivity contribution < 1.29 is 23.4 Å². The second-order valence-corrected chi connectivity index (χ2v) is 6.83. The van der Waals surface area contributed by atoms with Crippen LogP contribution in [0.5, 0.6) is 0 Å². The molecular weight excluding hydrogens is 257 g/mol. The molecule has 0 aromatic heterocycles. The number of rotatable bonds is 1. The fourth-order valence-electron chi connectivity index (χ4n) is 4.56. The van der Waals surface area contributed by atoms with Gasteiger partial charge in [0, 0.05) is 5.41 Å². The molecule has 0 saturated heterocycles. The minimum Gasteiger partial charge on any atom is -0.392 e. The van der Waals surface area contributed by atoms with Crippen LogP contribution in [0.1, 0.15) is 26.7 Å². The molecule has 2 fully saturated rings. The van der Waals surface area contributed by atoms with E-state index in [2.05, 4.69) is 6.08 Å². The van der Waals surface area contributed by atoms with Crippen LogP contribution < -0.4 is 0 Å². The Morgan fingerprint density at radius 1 is 1.21 bits per heavy atom. The van der Waals surface area contributed by atoms with Crippen molar-refractivity contribution >= 4 is 0 Å². The Morgan fingerprint density at radius 3 is 2.32 bits per heavy atom. The van der Waals surface area contributed by atoms with Crippen molar-refractivity contribution in [1.82, 2.24) is 0 Å². The van der Waals surface area contributed by atoms with Gasteiger partial charge >= 0.3 is 6.18 Å². The van der Waals surface area contributed by atoms with Gasteiger partial charge in [-0.25, -0.2) is 0 Å². The van der Waals surface area contributed by atoms with E-state index in [1.54, 1.807) is 0 Å².